The molecule has 0 saturated heterocycles. The molecule has 1 heterocycles. The predicted octanol–water partition coefficient (Wildman–Crippen LogP) is 8.39. The van der Waals surface area contributed by atoms with E-state index in [0.717, 1.165) is 30.5 Å². The summed E-state index contributed by atoms with van der Waals surface area (Å²) >= 11 is 0. The fourth-order valence-electron chi connectivity index (χ4n) is 5.98. The third-order valence-electron chi connectivity index (χ3n) is 8.39. The van der Waals surface area contributed by atoms with Crippen molar-refractivity contribution in [2.45, 2.75) is 96.7 Å². The minimum Gasteiger partial charge on any atom is -0.507 e. The SMILES string of the molecule is CC(C)(C)c1cc(C=N[C@@H]2CCCC[C@H]2n2c[n+](Cc3ccccc3)cc2-c2ccccc2)c(O)c(C(C)(C)C)c1. The van der Waals surface area contributed by atoms with Crippen molar-refractivity contribution in [1.29, 1.82) is 0 Å². The summed E-state index contributed by atoms with van der Waals surface area (Å²) in [6.07, 6.45) is 11.0. The molecule has 4 aromatic rings. The number of rotatable bonds is 6. The minimum absolute atomic E-state index is 0.0221. The van der Waals surface area contributed by atoms with Crippen molar-refractivity contribution >= 4 is 6.21 Å². The van der Waals surface area contributed by atoms with Crippen LogP contribution in [0, 0.1) is 0 Å². The molecule has 1 aromatic heterocycles. The first kappa shape index (κ1) is 28.9. The van der Waals surface area contributed by atoms with Gasteiger partial charge in [-0.15, -0.1) is 0 Å². The van der Waals surface area contributed by atoms with Crippen molar-refractivity contribution in [2.24, 2.45) is 4.99 Å². The quantitative estimate of drug-likeness (QED) is 0.191. The van der Waals surface area contributed by atoms with E-state index < -0.39 is 0 Å². The lowest BCUT2D eigenvalue weighted by Gasteiger charge is -2.28. The molecule has 0 amide bonds. The summed E-state index contributed by atoms with van der Waals surface area (Å²) in [5, 5.41) is 11.4. The van der Waals surface area contributed by atoms with Crippen molar-refractivity contribution in [3.63, 3.8) is 0 Å². The second kappa shape index (κ2) is 11.7. The minimum atomic E-state index is -0.163. The summed E-state index contributed by atoms with van der Waals surface area (Å²) in [6, 6.07) is 26.0. The van der Waals surface area contributed by atoms with Crippen molar-refractivity contribution < 1.29 is 9.67 Å². The number of hydrogen-bond donors (Lipinski definition) is 1. The van der Waals surface area contributed by atoms with E-state index in [1.165, 1.54) is 35.2 Å². The first-order chi connectivity index (χ1) is 19.5. The molecular formula is C37H46N3O+. The lowest BCUT2D eigenvalue weighted by atomic mass is 9.79. The van der Waals surface area contributed by atoms with E-state index in [-0.39, 0.29) is 22.9 Å². The van der Waals surface area contributed by atoms with Gasteiger partial charge in [0.15, 0.2) is 5.69 Å². The third kappa shape index (κ3) is 6.64. The van der Waals surface area contributed by atoms with Gasteiger partial charge >= 0.3 is 0 Å². The summed E-state index contributed by atoms with van der Waals surface area (Å²) in [5.74, 6) is 0.355. The van der Waals surface area contributed by atoms with E-state index in [2.05, 4.69) is 136 Å². The van der Waals surface area contributed by atoms with Crippen LogP contribution in [0.2, 0.25) is 0 Å². The maximum absolute atomic E-state index is 11.4. The molecule has 1 N–H and O–H groups in total. The average Bonchev–Trinajstić information content (AvgIpc) is 3.36. The number of benzene rings is 3. The molecule has 3 aromatic carbocycles. The molecule has 2 atom stereocenters. The molecule has 1 aliphatic rings. The highest BCUT2D eigenvalue weighted by atomic mass is 16.3. The Morgan fingerprint density at radius 2 is 1.54 bits per heavy atom. The van der Waals surface area contributed by atoms with E-state index in [1.807, 2.05) is 6.21 Å². The van der Waals surface area contributed by atoms with Gasteiger partial charge in [0.1, 0.15) is 24.5 Å². The molecule has 0 aliphatic heterocycles. The van der Waals surface area contributed by atoms with Crippen LogP contribution in [0.3, 0.4) is 0 Å². The molecule has 0 radical (unpaired) electrons. The van der Waals surface area contributed by atoms with Crippen LogP contribution >= 0.6 is 0 Å². The molecular weight excluding hydrogens is 502 g/mol. The van der Waals surface area contributed by atoms with Gasteiger partial charge in [0.05, 0.1) is 6.04 Å². The number of aromatic nitrogens is 2. The predicted molar refractivity (Wildman–Crippen MR) is 170 cm³/mol. The van der Waals surface area contributed by atoms with E-state index >= 15 is 0 Å². The Morgan fingerprint density at radius 3 is 2.20 bits per heavy atom. The van der Waals surface area contributed by atoms with Gasteiger partial charge in [0.2, 0.25) is 6.33 Å². The van der Waals surface area contributed by atoms with Crippen LogP contribution in [0.15, 0.2) is 90.3 Å². The Labute approximate surface area is 246 Å². The van der Waals surface area contributed by atoms with Crippen molar-refractivity contribution in [1.82, 2.24) is 4.57 Å². The molecule has 1 fully saturated rings. The lowest BCUT2D eigenvalue weighted by molar-refractivity contribution is -0.687. The number of aliphatic imine (C=N–C) groups is 1. The van der Waals surface area contributed by atoms with E-state index in [0.29, 0.717) is 5.75 Å². The van der Waals surface area contributed by atoms with Gasteiger partial charge in [-0.1, -0.05) is 115 Å². The zero-order valence-electron chi connectivity index (χ0n) is 25.6. The highest BCUT2D eigenvalue weighted by Gasteiger charge is 2.33. The van der Waals surface area contributed by atoms with Crippen molar-refractivity contribution in [3.8, 4) is 17.0 Å². The van der Waals surface area contributed by atoms with Crippen LogP contribution in [0.4, 0.5) is 0 Å². The van der Waals surface area contributed by atoms with Gasteiger partial charge in [0, 0.05) is 22.9 Å². The van der Waals surface area contributed by atoms with Crippen LogP contribution in [-0.2, 0) is 17.4 Å². The van der Waals surface area contributed by atoms with Crippen LogP contribution in [0.5, 0.6) is 5.75 Å². The normalized spacial score (nSPS) is 18.2. The van der Waals surface area contributed by atoms with E-state index in [4.69, 9.17) is 4.99 Å². The number of nitrogens with zero attached hydrogens (tertiary/aromatic N) is 3. The van der Waals surface area contributed by atoms with Gasteiger partial charge < -0.3 is 5.11 Å². The summed E-state index contributed by atoms with van der Waals surface area (Å²) in [4.78, 5) is 5.23. The molecule has 4 nitrogen and oxygen atoms in total. The number of hydrogen-bond acceptors (Lipinski definition) is 2. The Balaban J connectivity index is 1.53. The molecule has 41 heavy (non-hydrogen) atoms. The molecule has 4 heteroatoms. The Kier molecular flexibility index (Phi) is 8.22. The monoisotopic (exact) mass is 548 g/mol. The van der Waals surface area contributed by atoms with Crippen LogP contribution < -0.4 is 4.57 Å². The maximum atomic E-state index is 11.4. The lowest BCUT2D eigenvalue weighted by Crippen LogP contribution is -2.33. The second-order valence-corrected chi connectivity index (χ2v) is 13.7. The average molecular weight is 549 g/mol. The number of imidazole rings is 1. The molecule has 0 bridgehead atoms. The fourth-order valence-corrected chi connectivity index (χ4v) is 5.98. The summed E-state index contributed by atoms with van der Waals surface area (Å²) in [5.41, 5.74) is 6.57. The standard InChI is InChI=1S/C37H45N3O/c1-36(2,3)30-21-29(35(41)31(22-30)37(4,5)6)23-38-32-19-13-14-20-33(32)40-26-39(24-27-15-9-7-10-16-27)25-34(40)28-17-11-8-12-18-28/h7-12,15-18,21-23,25-26,32-33H,13-14,19-20,24H2,1-6H3/p+1/t32-,33-/m1/s1. The summed E-state index contributed by atoms with van der Waals surface area (Å²) in [6.45, 7) is 14.0. The van der Waals surface area contributed by atoms with Crippen LogP contribution in [0.1, 0.15) is 95.5 Å². The zero-order valence-corrected chi connectivity index (χ0v) is 25.6. The fraction of sp³-hybridized carbons (Fsp3) is 0.405. The smallest absolute Gasteiger partial charge is 0.244 e. The number of phenols is 1. The first-order valence-corrected chi connectivity index (χ1v) is 15.1. The first-order valence-electron chi connectivity index (χ1n) is 15.1. The number of aromatic hydroxyl groups is 1. The topological polar surface area (TPSA) is 41.4 Å². The highest BCUT2D eigenvalue weighted by Crippen LogP contribution is 2.38. The second-order valence-electron chi connectivity index (χ2n) is 13.7. The Morgan fingerprint density at radius 1 is 0.878 bits per heavy atom. The molecule has 1 saturated carbocycles. The van der Waals surface area contributed by atoms with Gasteiger partial charge in [-0.05, 0) is 47.3 Å². The zero-order chi connectivity index (χ0) is 29.2. The number of phenolic OH excluding ortho intramolecular Hbond substituents is 1. The largest absolute Gasteiger partial charge is 0.507 e. The highest BCUT2D eigenvalue weighted by molar-refractivity contribution is 5.85. The third-order valence-corrected chi connectivity index (χ3v) is 8.39. The summed E-state index contributed by atoms with van der Waals surface area (Å²) < 4.78 is 4.77. The van der Waals surface area contributed by atoms with Crippen molar-refractivity contribution in [2.75, 3.05) is 0 Å². The Hall–Kier alpha value is -3.66. The van der Waals surface area contributed by atoms with E-state index in [9.17, 15) is 5.11 Å². The van der Waals surface area contributed by atoms with Crippen LogP contribution in [-0.4, -0.2) is 21.9 Å². The molecule has 1 aliphatic carbocycles. The van der Waals surface area contributed by atoms with Gasteiger partial charge in [-0.3, -0.25) is 4.99 Å². The van der Waals surface area contributed by atoms with Gasteiger partial charge in [-0.25, -0.2) is 9.13 Å². The molecule has 0 unspecified atom stereocenters. The van der Waals surface area contributed by atoms with Gasteiger partial charge in [-0.2, -0.15) is 0 Å². The van der Waals surface area contributed by atoms with Gasteiger partial charge in [0.25, 0.3) is 0 Å². The Bertz CT molecular complexity index is 1490. The molecule has 0 spiro atoms. The maximum Gasteiger partial charge on any atom is 0.244 e. The van der Waals surface area contributed by atoms with Crippen LogP contribution in [0.25, 0.3) is 11.3 Å². The van der Waals surface area contributed by atoms with Crippen molar-refractivity contribution in [3.05, 3.63) is 108 Å². The molecule has 214 valence electrons. The molecule has 5 rings (SSSR count). The summed E-state index contributed by atoms with van der Waals surface area (Å²) in [7, 11) is 0. The van der Waals surface area contributed by atoms with E-state index in [1.54, 1.807) is 0 Å².